The van der Waals surface area contributed by atoms with E-state index >= 15 is 0 Å². The Hall–Kier alpha value is -0.970. The van der Waals surface area contributed by atoms with Crippen LogP contribution < -0.4 is 10.5 Å². The van der Waals surface area contributed by atoms with Crippen LogP contribution in [0.4, 0.5) is 0 Å². The molecule has 1 amide bonds. The van der Waals surface area contributed by atoms with Gasteiger partial charge in [0, 0.05) is 18.6 Å². The normalized spacial score (nSPS) is 11.4. The number of nitrogens with zero attached hydrogens (tertiary/aromatic N) is 1. The minimum Gasteiger partial charge on any atom is -0.494 e. The minimum absolute atomic E-state index is 0. The lowest BCUT2D eigenvalue weighted by atomic mass is 10.1. The van der Waals surface area contributed by atoms with Crippen molar-refractivity contribution in [3.05, 3.63) is 29.3 Å². The molecule has 1 rings (SSSR count). The molecule has 0 saturated carbocycles. The standard InChI is InChI=1S/C15H23ClN2O2.ClH/c1-3-5-14(17)15(19)18(2)10-4-11-20-13-8-6-12(16)7-9-13;/h6-9,14H,3-5,10-11,17H2,1-2H3;1H. The number of carbonyl (C=O) groups is 1. The fourth-order valence-electron chi connectivity index (χ4n) is 1.85. The van der Waals surface area contributed by atoms with Gasteiger partial charge in [0.1, 0.15) is 5.75 Å². The number of hydrogen-bond acceptors (Lipinski definition) is 3. The molecule has 0 aromatic heterocycles. The second kappa shape index (κ2) is 10.7. The molecule has 120 valence electrons. The average molecular weight is 335 g/mol. The Balaban J connectivity index is 0.00000400. The number of carbonyl (C=O) groups excluding carboxylic acids is 1. The molecule has 0 aliphatic rings. The fraction of sp³-hybridized carbons (Fsp3) is 0.533. The molecule has 0 spiro atoms. The smallest absolute Gasteiger partial charge is 0.239 e. The van der Waals surface area contributed by atoms with E-state index in [1.54, 1.807) is 24.1 Å². The molecule has 4 nitrogen and oxygen atoms in total. The van der Waals surface area contributed by atoms with Crippen molar-refractivity contribution in [1.29, 1.82) is 0 Å². The first-order valence-corrected chi connectivity index (χ1v) is 7.31. The van der Waals surface area contributed by atoms with Crippen molar-refractivity contribution in [3.63, 3.8) is 0 Å². The Bertz CT molecular complexity index is 413. The van der Waals surface area contributed by atoms with Crippen molar-refractivity contribution in [1.82, 2.24) is 4.90 Å². The van der Waals surface area contributed by atoms with E-state index in [-0.39, 0.29) is 24.4 Å². The van der Waals surface area contributed by atoms with Gasteiger partial charge in [-0.15, -0.1) is 12.4 Å². The highest BCUT2D eigenvalue weighted by molar-refractivity contribution is 6.30. The van der Waals surface area contributed by atoms with E-state index in [0.29, 0.717) is 18.2 Å². The highest BCUT2D eigenvalue weighted by Crippen LogP contribution is 2.15. The van der Waals surface area contributed by atoms with Crippen LogP contribution in [0.3, 0.4) is 0 Å². The van der Waals surface area contributed by atoms with Crippen LogP contribution in [0, 0.1) is 0 Å². The zero-order chi connectivity index (χ0) is 15.0. The molecule has 0 fully saturated rings. The van der Waals surface area contributed by atoms with Gasteiger partial charge in [-0.2, -0.15) is 0 Å². The second-order valence-electron chi connectivity index (χ2n) is 4.81. The average Bonchev–Trinajstić information content (AvgIpc) is 2.44. The van der Waals surface area contributed by atoms with Crippen molar-refractivity contribution in [3.8, 4) is 5.75 Å². The molecule has 0 bridgehead atoms. The molecule has 0 heterocycles. The van der Waals surface area contributed by atoms with Crippen LogP contribution in [0.15, 0.2) is 24.3 Å². The van der Waals surface area contributed by atoms with E-state index in [4.69, 9.17) is 22.1 Å². The van der Waals surface area contributed by atoms with Crippen LogP contribution in [0.2, 0.25) is 5.02 Å². The van der Waals surface area contributed by atoms with Crippen LogP contribution in [0.5, 0.6) is 5.75 Å². The van der Waals surface area contributed by atoms with Crippen molar-refractivity contribution < 1.29 is 9.53 Å². The van der Waals surface area contributed by atoms with E-state index in [2.05, 4.69) is 0 Å². The number of amides is 1. The van der Waals surface area contributed by atoms with Gasteiger partial charge in [0.25, 0.3) is 0 Å². The summed E-state index contributed by atoms with van der Waals surface area (Å²) in [5.41, 5.74) is 5.80. The van der Waals surface area contributed by atoms with Gasteiger partial charge in [-0.05, 0) is 37.1 Å². The van der Waals surface area contributed by atoms with E-state index in [1.165, 1.54) is 0 Å². The molecule has 0 radical (unpaired) electrons. The summed E-state index contributed by atoms with van der Waals surface area (Å²) in [7, 11) is 1.78. The summed E-state index contributed by atoms with van der Waals surface area (Å²) in [6.45, 7) is 3.22. The monoisotopic (exact) mass is 334 g/mol. The Kier molecular flexibility index (Phi) is 10.2. The Morgan fingerprint density at radius 1 is 1.38 bits per heavy atom. The number of likely N-dealkylation sites (N-methyl/N-ethyl adjacent to an activating group) is 1. The predicted octanol–water partition coefficient (Wildman–Crippen LogP) is 3.12. The van der Waals surface area contributed by atoms with Gasteiger partial charge < -0.3 is 15.4 Å². The molecule has 0 aliphatic carbocycles. The topological polar surface area (TPSA) is 55.6 Å². The third kappa shape index (κ3) is 7.55. The molecule has 1 unspecified atom stereocenters. The molecule has 2 N–H and O–H groups in total. The van der Waals surface area contributed by atoms with Crippen LogP contribution in [-0.4, -0.2) is 37.0 Å². The van der Waals surface area contributed by atoms with Gasteiger partial charge in [-0.1, -0.05) is 24.9 Å². The molecule has 1 aromatic carbocycles. The summed E-state index contributed by atoms with van der Waals surface area (Å²) < 4.78 is 5.57. The SMILES string of the molecule is CCCC(N)C(=O)N(C)CCCOc1ccc(Cl)cc1.Cl. The number of halogens is 2. The summed E-state index contributed by atoms with van der Waals surface area (Å²) in [6.07, 6.45) is 2.41. The first kappa shape index (κ1) is 20.0. The molecule has 21 heavy (non-hydrogen) atoms. The first-order valence-electron chi connectivity index (χ1n) is 6.93. The van der Waals surface area contributed by atoms with E-state index in [9.17, 15) is 4.79 Å². The lowest BCUT2D eigenvalue weighted by Crippen LogP contribution is -2.42. The summed E-state index contributed by atoms with van der Waals surface area (Å²) >= 11 is 5.79. The number of nitrogens with two attached hydrogens (primary N) is 1. The Morgan fingerprint density at radius 3 is 2.57 bits per heavy atom. The third-order valence-corrected chi connectivity index (χ3v) is 3.27. The lowest BCUT2D eigenvalue weighted by Gasteiger charge is -2.21. The molecule has 6 heteroatoms. The van der Waals surface area contributed by atoms with Crippen LogP contribution in [0.1, 0.15) is 26.2 Å². The van der Waals surface area contributed by atoms with Gasteiger partial charge in [0.05, 0.1) is 12.6 Å². The second-order valence-corrected chi connectivity index (χ2v) is 5.25. The zero-order valence-electron chi connectivity index (χ0n) is 12.5. The van der Waals surface area contributed by atoms with Crippen LogP contribution >= 0.6 is 24.0 Å². The summed E-state index contributed by atoms with van der Waals surface area (Å²) in [4.78, 5) is 13.6. The van der Waals surface area contributed by atoms with Gasteiger partial charge in [0.15, 0.2) is 0 Å². The largest absolute Gasteiger partial charge is 0.494 e. The van der Waals surface area contributed by atoms with Gasteiger partial charge >= 0.3 is 0 Å². The molecule has 0 aliphatic heterocycles. The van der Waals surface area contributed by atoms with E-state index in [0.717, 1.165) is 25.0 Å². The highest BCUT2D eigenvalue weighted by atomic mass is 35.5. The lowest BCUT2D eigenvalue weighted by molar-refractivity contribution is -0.131. The number of ether oxygens (including phenoxy) is 1. The summed E-state index contributed by atoms with van der Waals surface area (Å²) in [6, 6.07) is 6.84. The van der Waals surface area contributed by atoms with E-state index < -0.39 is 0 Å². The molecular formula is C15H24Cl2N2O2. The fourth-order valence-corrected chi connectivity index (χ4v) is 1.98. The Labute approximate surface area is 138 Å². The van der Waals surface area contributed by atoms with Gasteiger partial charge in [0.2, 0.25) is 5.91 Å². The highest BCUT2D eigenvalue weighted by Gasteiger charge is 2.16. The molecule has 1 atom stereocenters. The van der Waals surface area contributed by atoms with Gasteiger partial charge in [-0.25, -0.2) is 0 Å². The predicted molar refractivity (Wildman–Crippen MR) is 89.3 cm³/mol. The van der Waals surface area contributed by atoms with Crippen molar-refractivity contribution in [2.75, 3.05) is 20.2 Å². The number of benzene rings is 1. The maximum Gasteiger partial charge on any atom is 0.239 e. The van der Waals surface area contributed by atoms with Crippen molar-refractivity contribution in [2.45, 2.75) is 32.2 Å². The molecular weight excluding hydrogens is 311 g/mol. The third-order valence-electron chi connectivity index (χ3n) is 3.01. The van der Waals surface area contributed by atoms with E-state index in [1.807, 2.05) is 19.1 Å². The summed E-state index contributed by atoms with van der Waals surface area (Å²) in [5, 5.41) is 0.688. The maximum atomic E-state index is 11.9. The maximum absolute atomic E-state index is 11.9. The van der Waals surface area contributed by atoms with Gasteiger partial charge in [-0.3, -0.25) is 4.79 Å². The number of hydrogen-bond donors (Lipinski definition) is 1. The Morgan fingerprint density at radius 2 is 2.00 bits per heavy atom. The van der Waals surface area contributed by atoms with Crippen molar-refractivity contribution >= 4 is 29.9 Å². The van der Waals surface area contributed by atoms with Crippen LogP contribution in [0.25, 0.3) is 0 Å². The van der Waals surface area contributed by atoms with Crippen LogP contribution in [-0.2, 0) is 4.79 Å². The van der Waals surface area contributed by atoms with Crippen molar-refractivity contribution in [2.24, 2.45) is 5.73 Å². The molecule has 0 saturated heterocycles. The quantitative estimate of drug-likeness (QED) is 0.743. The molecule has 1 aromatic rings. The summed E-state index contributed by atoms with van der Waals surface area (Å²) in [5.74, 6) is 0.782. The number of rotatable bonds is 8. The minimum atomic E-state index is -0.387. The zero-order valence-corrected chi connectivity index (χ0v) is 14.1. The first-order chi connectivity index (χ1) is 9.54.